The fourth-order valence-electron chi connectivity index (χ4n) is 3.85. The summed E-state index contributed by atoms with van der Waals surface area (Å²) >= 11 is 0. The number of carbonyl (C=O) groups excluding carboxylic acids is 1. The lowest BCUT2D eigenvalue weighted by molar-refractivity contribution is -0.148. The molecule has 2 unspecified atom stereocenters. The third-order valence-corrected chi connectivity index (χ3v) is 4.74. The number of nitrogens with zero attached hydrogens (tertiary/aromatic N) is 1. The topological polar surface area (TPSA) is 66.8 Å². The number of rotatable bonds is 4. The van der Waals surface area contributed by atoms with Crippen LogP contribution >= 0.6 is 0 Å². The summed E-state index contributed by atoms with van der Waals surface area (Å²) in [7, 11) is 0. The molecule has 0 spiro atoms. The van der Waals surface area contributed by atoms with Gasteiger partial charge in [-0.2, -0.15) is 0 Å². The summed E-state index contributed by atoms with van der Waals surface area (Å²) < 4.78 is 5.66. The van der Waals surface area contributed by atoms with Crippen molar-refractivity contribution in [2.75, 3.05) is 13.1 Å². The van der Waals surface area contributed by atoms with Crippen LogP contribution in [0.1, 0.15) is 58.8 Å². The zero-order chi connectivity index (χ0) is 15.5. The van der Waals surface area contributed by atoms with Gasteiger partial charge in [0.1, 0.15) is 0 Å². The summed E-state index contributed by atoms with van der Waals surface area (Å²) in [6, 6.07) is 0. The zero-order valence-electron chi connectivity index (χ0n) is 13.1. The molecule has 1 saturated heterocycles. The van der Waals surface area contributed by atoms with E-state index in [1.54, 1.807) is 0 Å². The highest BCUT2D eigenvalue weighted by Crippen LogP contribution is 2.42. The smallest absolute Gasteiger partial charge is 0.303 e. The molecule has 120 valence electrons. The molecule has 0 aromatic rings. The van der Waals surface area contributed by atoms with Crippen molar-refractivity contribution in [3.63, 3.8) is 0 Å². The lowest BCUT2D eigenvalue weighted by Gasteiger charge is -2.40. The largest absolute Gasteiger partial charge is 0.481 e. The third kappa shape index (κ3) is 4.43. The summed E-state index contributed by atoms with van der Waals surface area (Å²) in [6.07, 6.45) is 5.56. The first-order valence-corrected chi connectivity index (χ1v) is 8.05. The highest BCUT2D eigenvalue weighted by Gasteiger charge is 2.38. The van der Waals surface area contributed by atoms with E-state index in [9.17, 15) is 14.7 Å². The molecule has 1 aliphatic carbocycles. The lowest BCUT2D eigenvalue weighted by atomic mass is 9.69. The maximum absolute atomic E-state index is 12.6. The molecule has 2 fully saturated rings. The van der Waals surface area contributed by atoms with Crippen LogP contribution in [0.4, 0.5) is 0 Å². The molecule has 0 bridgehead atoms. The Labute approximate surface area is 126 Å². The third-order valence-electron chi connectivity index (χ3n) is 4.74. The maximum Gasteiger partial charge on any atom is 0.303 e. The Kier molecular flexibility index (Phi) is 5.25. The van der Waals surface area contributed by atoms with Crippen LogP contribution in [-0.2, 0) is 14.3 Å². The van der Waals surface area contributed by atoms with E-state index >= 15 is 0 Å². The Morgan fingerprint density at radius 2 is 1.67 bits per heavy atom. The van der Waals surface area contributed by atoms with Crippen molar-refractivity contribution in [1.82, 2.24) is 4.90 Å². The van der Waals surface area contributed by atoms with Crippen molar-refractivity contribution in [3.05, 3.63) is 0 Å². The first-order chi connectivity index (χ1) is 9.90. The Morgan fingerprint density at radius 1 is 1.10 bits per heavy atom. The van der Waals surface area contributed by atoms with Crippen LogP contribution in [0.25, 0.3) is 0 Å². The van der Waals surface area contributed by atoms with Crippen molar-refractivity contribution < 1.29 is 19.4 Å². The second kappa shape index (κ2) is 6.77. The fraction of sp³-hybridized carbons (Fsp3) is 0.875. The van der Waals surface area contributed by atoms with E-state index in [-0.39, 0.29) is 30.0 Å². The Bertz CT molecular complexity index is 380. The summed E-state index contributed by atoms with van der Waals surface area (Å²) in [5.74, 6) is -0.687. The molecular formula is C16H27NO4. The average molecular weight is 297 g/mol. The number of amides is 1. The van der Waals surface area contributed by atoms with Crippen LogP contribution in [-0.4, -0.2) is 47.2 Å². The molecule has 1 N–H and O–H groups in total. The average Bonchev–Trinajstić information content (AvgIpc) is 2.37. The van der Waals surface area contributed by atoms with E-state index in [0.29, 0.717) is 19.5 Å². The molecule has 21 heavy (non-hydrogen) atoms. The number of hydrogen-bond donors (Lipinski definition) is 1. The van der Waals surface area contributed by atoms with Crippen LogP contribution in [0.3, 0.4) is 0 Å². The Hall–Kier alpha value is -1.10. The fourth-order valence-corrected chi connectivity index (χ4v) is 3.85. The maximum atomic E-state index is 12.6. The Morgan fingerprint density at radius 3 is 2.19 bits per heavy atom. The van der Waals surface area contributed by atoms with Crippen LogP contribution in [0, 0.1) is 5.41 Å². The minimum atomic E-state index is -0.784. The second-order valence-electron chi connectivity index (χ2n) is 6.86. The number of carboxylic acid groups (broad SMARTS) is 1. The van der Waals surface area contributed by atoms with Gasteiger partial charge in [-0.3, -0.25) is 9.59 Å². The highest BCUT2D eigenvalue weighted by atomic mass is 16.5. The van der Waals surface area contributed by atoms with E-state index in [2.05, 4.69) is 0 Å². The number of morpholine rings is 1. The second-order valence-corrected chi connectivity index (χ2v) is 6.86. The summed E-state index contributed by atoms with van der Waals surface area (Å²) in [5.41, 5.74) is -0.327. The number of hydrogen-bond acceptors (Lipinski definition) is 3. The standard InChI is InChI=1S/C16H27NO4/c1-12-10-17(11-13(2)21-12)14(18)8-16(9-15(19)20)6-4-3-5-7-16/h12-13H,3-11H2,1-2H3,(H,19,20). The van der Waals surface area contributed by atoms with Crippen molar-refractivity contribution in [2.45, 2.75) is 71.0 Å². The molecule has 0 aromatic carbocycles. The normalized spacial score (nSPS) is 29.1. The van der Waals surface area contributed by atoms with Crippen molar-refractivity contribution in [3.8, 4) is 0 Å². The van der Waals surface area contributed by atoms with Crippen molar-refractivity contribution in [1.29, 1.82) is 0 Å². The van der Waals surface area contributed by atoms with Gasteiger partial charge in [-0.05, 0) is 32.1 Å². The molecule has 5 heteroatoms. The van der Waals surface area contributed by atoms with Gasteiger partial charge in [-0.1, -0.05) is 19.3 Å². The van der Waals surface area contributed by atoms with Gasteiger partial charge in [0.05, 0.1) is 18.6 Å². The molecule has 1 amide bonds. The molecule has 0 radical (unpaired) electrons. The number of carbonyl (C=O) groups is 2. The van der Waals surface area contributed by atoms with Crippen molar-refractivity contribution in [2.24, 2.45) is 5.41 Å². The number of carboxylic acids is 1. The van der Waals surface area contributed by atoms with Gasteiger partial charge in [-0.25, -0.2) is 0 Å². The Balaban J connectivity index is 2.01. The summed E-state index contributed by atoms with van der Waals surface area (Å²) in [5, 5.41) is 9.19. The van der Waals surface area contributed by atoms with Crippen LogP contribution < -0.4 is 0 Å². The molecule has 0 aromatic heterocycles. The van der Waals surface area contributed by atoms with Crippen LogP contribution in [0.2, 0.25) is 0 Å². The van der Waals surface area contributed by atoms with E-state index in [1.807, 2.05) is 18.7 Å². The van der Waals surface area contributed by atoms with Crippen LogP contribution in [0.15, 0.2) is 0 Å². The minimum Gasteiger partial charge on any atom is -0.481 e. The SMILES string of the molecule is CC1CN(C(=O)CC2(CC(=O)O)CCCCC2)CC(C)O1. The van der Waals surface area contributed by atoms with Gasteiger partial charge in [0.25, 0.3) is 0 Å². The molecule has 1 saturated carbocycles. The van der Waals surface area contributed by atoms with Gasteiger partial charge in [0.2, 0.25) is 5.91 Å². The van der Waals surface area contributed by atoms with E-state index in [0.717, 1.165) is 32.1 Å². The first kappa shape index (κ1) is 16.3. The van der Waals surface area contributed by atoms with Gasteiger partial charge in [0, 0.05) is 19.5 Å². The quantitative estimate of drug-likeness (QED) is 0.865. The van der Waals surface area contributed by atoms with Gasteiger partial charge < -0.3 is 14.7 Å². The highest BCUT2D eigenvalue weighted by molar-refractivity contribution is 5.78. The van der Waals surface area contributed by atoms with Gasteiger partial charge >= 0.3 is 5.97 Å². The summed E-state index contributed by atoms with van der Waals surface area (Å²) in [4.78, 5) is 25.7. The lowest BCUT2D eigenvalue weighted by Crippen LogP contribution is -2.49. The molecule has 2 atom stereocenters. The molecule has 2 aliphatic rings. The van der Waals surface area contributed by atoms with Gasteiger partial charge in [0.15, 0.2) is 0 Å². The monoisotopic (exact) mass is 297 g/mol. The van der Waals surface area contributed by atoms with E-state index in [1.165, 1.54) is 0 Å². The van der Waals surface area contributed by atoms with Crippen LogP contribution in [0.5, 0.6) is 0 Å². The summed E-state index contributed by atoms with van der Waals surface area (Å²) in [6.45, 7) is 5.19. The molecule has 5 nitrogen and oxygen atoms in total. The molecule has 1 heterocycles. The molecule has 2 rings (SSSR count). The van der Waals surface area contributed by atoms with Crippen molar-refractivity contribution >= 4 is 11.9 Å². The number of ether oxygens (including phenoxy) is 1. The first-order valence-electron chi connectivity index (χ1n) is 8.05. The predicted octanol–water partition coefficient (Wildman–Crippen LogP) is 2.44. The predicted molar refractivity (Wildman–Crippen MR) is 79.0 cm³/mol. The minimum absolute atomic E-state index is 0.0551. The van der Waals surface area contributed by atoms with E-state index < -0.39 is 5.97 Å². The number of aliphatic carboxylic acids is 1. The molecule has 1 aliphatic heterocycles. The van der Waals surface area contributed by atoms with E-state index in [4.69, 9.17) is 4.74 Å². The van der Waals surface area contributed by atoms with Gasteiger partial charge in [-0.15, -0.1) is 0 Å². The zero-order valence-corrected chi connectivity index (χ0v) is 13.1. The molecular weight excluding hydrogens is 270 g/mol.